The van der Waals surface area contributed by atoms with E-state index in [9.17, 15) is 9.90 Å². The standard InChI is InChI=1S/C10H14O3/c11-7-5-3-1-2-4-6-8(7)9(6)10(12)13/h3,5-9,11H,1-2,4H2,(H,12,13)/b5-3+/t6-,7+,8-,9-/m0/s1. The summed E-state index contributed by atoms with van der Waals surface area (Å²) in [5.74, 6) is -0.839. The molecule has 72 valence electrons. The van der Waals surface area contributed by atoms with Gasteiger partial charge in [0.15, 0.2) is 0 Å². The van der Waals surface area contributed by atoms with Gasteiger partial charge in [-0.25, -0.2) is 0 Å². The Bertz CT molecular complexity index is 247. The van der Waals surface area contributed by atoms with E-state index in [4.69, 9.17) is 5.11 Å². The van der Waals surface area contributed by atoms with Crippen LogP contribution in [0, 0.1) is 17.8 Å². The third-order valence-electron chi connectivity index (χ3n) is 3.15. The molecule has 13 heavy (non-hydrogen) atoms. The highest BCUT2D eigenvalue weighted by Crippen LogP contribution is 2.52. The van der Waals surface area contributed by atoms with Crippen LogP contribution < -0.4 is 0 Å². The number of aliphatic hydroxyl groups excluding tert-OH is 1. The number of allylic oxidation sites excluding steroid dienone is 1. The molecule has 0 spiro atoms. The first-order valence-electron chi connectivity index (χ1n) is 4.79. The van der Waals surface area contributed by atoms with E-state index in [1.165, 1.54) is 0 Å². The molecule has 1 saturated carbocycles. The van der Waals surface area contributed by atoms with Gasteiger partial charge in [-0.2, -0.15) is 0 Å². The second kappa shape index (κ2) is 3.14. The molecule has 3 nitrogen and oxygen atoms in total. The van der Waals surface area contributed by atoms with E-state index in [-0.39, 0.29) is 17.8 Å². The van der Waals surface area contributed by atoms with Gasteiger partial charge in [-0.05, 0) is 25.2 Å². The molecule has 0 radical (unpaired) electrons. The molecule has 2 N–H and O–H groups in total. The first-order chi connectivity index (χ1) is 6.22. The lowest BCUT2D eigenvalue weighted by Crippen LogP contribution is -2.11. The molecule has 1 fully saturated rings. The van der Waals surface area contributed by atoms with Crippen LogP contribution in [-0.2, 0) is 4.79 Å². The molecule has 2 aliphatic carbocycles. The minimum Gasteiger partial charge on any atom is -0.481 e. The number of rotatable bonds is 1. The Morgan fingerprint density at radius 2 is 2.23 bits per heavy atom. The minimum absolute atomic E-state index is 0.0194. The van der Waals surface area contributed by atoms with E-state index in [1.807, 2.05) is 6.08 Å². The van der Waals surface area contributed by atoms with E-state index in [1.54, 1.807) is 6.08 Å². The third-order valence-corrected chi connectivity index (χ3v) is 3.15. The summed E-state index contributed by atoms with van der Waals surface area (Å²) in [6.45, 7) is 0. The summed E-state index contributed by atoms with van der Waals surface area (Å²) >= 11 is 0. The van der Waals surface area contributed by atoms with Gasteiger partial charge in [0.25, 0.3) is 0 Å². The second-order valence-electron chi connectivity index (χ2n) is 3.95. The topological polar surface area (TPSA) is 57.5 Å². The summed E-state index contributed by atoms with van der Waals surface area (Å²) in [6, 6.07) is 0. The van der Waals surface area contributed by atoms with Gasteiger partial charge >= 0.3 is 5.97 Å². The van der Waals surface area contributed by atoms with Crippen molar-refractivity contribution >= 4 is 5.97 Å². The van der Waals surface area contributed by atoms with Crippen LogP contribution in [0.15, 0.2) is 12.2 Å². The van der Waals surface area contributed by atoms with Crippen molar-refractivity contribution in [1.82, 2.24) is 0 Å². The average molecular weight is 182 g/mol. The maximum absolute atomic E-state index is 10.8. The summed E-state index contributed by atoms with van der Waals surface area (Å²) in [6.07, 6.45) is 6.13. The predicted octanol–water partition coefficient (Wildman–Crippen LogP) is 1.03. The first kappa shape index (κ1) is 8.75. The zero-order valence-electron chi connectivity index (χ0n) is 7.39. The van der Waals surface area contributed by atoms with Gasteiger partial charge in [-0.3, -0.25) is 4.79 Å². The van der Waals surface area contributed by atoms with Crippen LogP contribution in [0.2, 0.25) is 0 Å². The molecule has 0 unspecified atom stereocenters. The largest absolute Gasteiger partial charge is 0.481 e. The Balaban J connectivity index is 2.09. The van der Waals surface area contributed by atoms with Crippen LogP contribution in [0.4, 0.5) is 0 Å². The number of carboxylic acid groups (broad SMARTS) is 1. The number of aliphatic carboxylic acids is 1. The number of carbonyl (C=O) groups is 1. The van der Waals surface area contributed by atoms with Gasteiger partial charge in [0.2, 0.25) is 0 Å². The normalized spacial score (nSPS) is 45.6. The molecule has 0 aromatic carbocycles. The number of aliphatic hydroxyl groups is 1. The fourth-order valence-corrected chi connectivity index (χ4v) is 2.42. The van der Waals surface area contributed by atoms with Crippen molar-refractivity contribution in [1.29, 1.82) is 0 Å². The van der Waals surface area contributed by atoms with E-state index >= 15 is 0 Å². The van der Waals surface area contributed by atoms with Gasteiger partial charge in [-0.1, -0.05) is 12.2 Å². The van der Waals surface area contributed by atoms with Crippen LogP contribution in [0.3, 0.4) is 0 Å². The minimum atomic E-state index is -0.746. The Morgan fingerprint density at radius 3 is 2.92 bits per heavy atom. The predicted molar refractivity (Wildman–Crippen MR) is 47.1 cm³/mol. The molecule has 4 atom stereocenters. The van der Waals surface area contributed by atoms with Crippen LogP contribution in [0.25, 0.3) is 0 Å². The van der Waals surface area contributed by atoms with Gasteiger partial charge in [0, 0.05) is 5.92 Å². The Kier molecular flexibility index (Phi) is 2.12. The fourth-order valence-electron chi connectivity index (χ4n) is 2.42. The smallest absolute Gasteiger partial charge is 0.307 e. The van der Waals surface area contributed by atoms with E-state index in [0.29, 0.717) is 0 Å². The van der Waals surface area contributed by atoms with Crippen molar-refractivity contribution in [3.8, 4) is 0 Å². The summed E-state index contributed by atoms with van der Waals surface area (Å²) in [5.41, 5.74) is 0. The molecule has 0 aromatic rings. The first-order valence-corrected chi connectivity index (χ1v) is 4.79. The maximum atomic E-state index is 10.8. The van der Waals surface area contributed by atoms with Gasteiger partial charge in [-0.15, -0.1) is 0 Å². The Hall–Kier alpha value is -0.830. The average Bonchev–Trinajstić information content (AvgIpc) is 2.74. The van der Waals surface area contributed by atoms with Crippen LogP contribution in [-0.4, -0.2) is 22.3 Å². The quantitative estimate of drug-likeness (QED) is 0.595. The number of hydrogen-bond acceptors (Lipinski definition) is 2. The van der Waals surface area contributed by atoms with Crippen molar-refractivity contribution in [3.63, 3.8) is 0 Å². The molecule has 0 bridgehead atoms. The van der Waals surface area contributed by atoms with E-state index in [0.717, 1.165) is 19.3 Å². The summed E-state index contributed by atoms with van der Waals surface area (Å²) in [7, 11) is 0. The molecule has 0 amide bonds. The highest BCUT2D eigenvalue weighted by molar-refractivity contribution is 5.74. The van der Waals surface area contributed by atoms with Crippen molar-refractivity contribution < 1.29 is 15.0 Å². The SMILES string of the molecule is O=C(O)[C@H]1[C@H]2CCC/C=C/[C@@H](O)[C@H]21. The van der Waals surface area contributed by atoms with Gasteiger partial charge < -0.3 is 10.2 Å². The molecular formula is C10H14O3. The lowest BCUT2D eigenvalue weighted by atomic mass is 10.0. The summed E-state index contributed by atoms with van der Waals surface area (Å²) in [4.78, 5) is 10.8. The summed E-state index contributed by atoms with van der Waals surface area (Å²) < 4.78 is 0. The number of hydrogen-bond donors (Lipinski definition) is 2. The molecular weight excluding hydrogens is 168 g/mol. The van der Waals surface area contributed by atoms with Crippen molar-refractivity contribution in [2.75, 3.05) is 0 Å². The zero-order valence-corrected chi connectivity index (χ0v) is 7.39. The number of fused-ring (bicyclic) bond motifs is 1. The van der Waals surface area contributed by atoms with E-state index in [2.05, 4.69) is 0 Å². The van der Waals surface area contributed by atoms with Crippen molar-refractivity contribution in [3.05, 3.63) is 12.2 Å². The molecule has 0 aromatic heterocycles. The van der Waals surface area contributed by atoms with Crippen molar-refractivity contribution in [2.45, 2.75) is 25.4 Å². The summed E-state index contributed by atoms with van der Waals surface area (Å²) in [5, 5.41) is 18.4. The molecule has 3 heteroatoms. The molecule has 0 saturated heterocycles. The van der Waals surface area contributed by atoms with Crippen LogP contribution >= 0.6 is 0 Å². The number of carboxylic acids is 1. The van der Waals surface area contributed by atoms with Gasteiger partial charge in [0.05, 0.1) is 12.0 Å². The van der Waals surface area contributed by atoms with Crippen molar-refractivity contribution in [2.24, 2.45) is 17.8 Å². The molecule has 2 rings (SSSR count). The highest BCUT2D eigenvalue weighted by atomic mass is 16.4. The molecule has 0 heterocycles. The monoisotopic (exact) mass is 182 g/mol. The Morgan fingerprint density at radius 1 is 1.46 bits per heavy atom. The Labute approximate surface area is 77.1 Å². The lowest BCUT2D eigenvalue weighted by molar-refractivity contribution is -0.139. The highest BCUT2D eigenvalue weighted by Gasteiger charge is 2.57. The maximum Gasteiger partial charge on any atom is 0.307 e. The molecule has 0 aliphatic heterocycles. The van der Waals surface area contributed by atoms with E-state index < -0.39 is 12.1 Å². The third kappa shape index (κ3) is 1.48. The lowest BCUT2D eigenvalue weighted by Gasteiger charge is -2.06. The van der Waals surface area contributed by atoms with Crippen LogP contribution in [0.1, 0.15) is 19.3 Å². The van der Waals surface area contributed by atoms with Crippen LogP contribution in [0.5, 0.6) is 0 Å². The molecule has 2 aliphatic rings. The zero-order chi connectivity index (χ0) is 9.42. The fraction of sp³-hybridized carbons (Fsp3) is 0.700. The second-order valence-corrected chi connectivity index (χ2v) is 3.95. The van der Waals surface area contributed by atoms with Gasteiger partial charge in [0.1, 0.15) is 0 Å².